The normalized spacial score (nSPS) is 10.4. The van der Waals surface area contributed by atoms with E-state index in [4.69, 9.17) is 9.15 Å². The molecule has 98 valence electrons. The average Bonchev–Trinajstić information content (AvgIpc) is 2.48. The van der Waals surface area contributed by atoms with E-state index in [2.05, 4.69) is 0 Å². The van der Waals surface area contributed by atoms with E-state index in [-0.39, 0.29) is 5.43 Å². The zero-order valence-electron chi connectivity index (χ0n) is 10.4. The molecule has 2 aromatic carbocycles. The standard InChI is InChI=1S/C16H10O4/c17-10-19-14-7-3-2-6-12(14)16-9-13(18)11-5-1-4-8-15(11)20-16/h1-10H. The Morgan fingerprint density at radius 3 is 2.60 bits per heavy atom. The maximum atomic E-state index is 12.1. The fourth-order valence-corrected chi connectivity index (χ4v) is 2.06. The lowest BCUT2D eigenvalue weighted by molar-refractivity contribution is -0.120. The summed E-state index contributed by atoms with van der Waals surface area (Å²) < 4.78 is 10.6. The molecule has 0 saturated carbocycles. The minimum Gasteiger partial charge on any atom is -0.456 e. The Bertz CT molecular complexity index is 833. The van der Waals surface area contributed by atoms with Gasteiger partial charge in [0.25, 0.3) is 6.47 Å². The van der Waals surface area contributed by atoms with Crippen LogP contribution in [0, 0.1) is 0 Å². The summed E-state index contributed by atoms with van der Waals surface area (Å²) in [5.41, 5.74) is 0.918. The van der Waals surface area contributed by atoms with Gasteiger partial charge in [-0.3, -0.25) is 9.59 Å². The number of rotatable bonds is 3. The highest BCUT2D eigenvalue weighted by Crippen LogP contribution is 2.30. The molecule has 0 N–H and O–H groups in total. The Morgan fingerprint density at radius 1 is 1.00 bits per heavy atom. The van der Waals surface area contributed by atoms with Crippen LogP contribution >= 0.6 is 0 Å². The van der Waals surface area contributed by atoms with Crippen molar-refractivity contribution in [3.63, 3.8) is 0 Å². The van der Waals surface area contributed by atoms with Crippen molar-refractivity contribution < 1.29 is 13.9 Å². The Balaban J connectivity index is 2.25. The molecule has 0 atom stereocenters. The predicted octanol–water partition coefficient (Wildman–Crippen LogP) is 3.00. The number of para-hydroxylation sites is 2. The zero-order valence-corrected chi connectivity index (χ0v) is 10.4. The number of ether oxygens (including phenoxy) is 1. The lowest BCUT2D eigenvalue weighted by Gasteiger charge is -2.07. The molecule has 0 spiro atoms. The summed E-state index contributed by atoms with van der Waals surface area (Å²) in [6.07, 6.45) is 0. The van der Waals surface area contributed by atoms with Crippen LogP contribution in [0.5, 0.6) is 5.75 Å². The Kier molecular flexibility index (Phi) is 3.05. The van der Waals surface area contributed by atoms with Crippen molar-refractivity contribution in [2.45, 2.75) is 0 Å². The van der Waals surface area contributed by atoms with Crippen LogP contribution in [0.3, 0.4) is 0 Å². The van der Waals surface area contributed by atoms with E-state index in [1.807, 2.05) is 0 Å². The molecule has 4 heteroatoms. The van der Waals surface area contributed by atoms with E-state index in [9.17, 15) is 9.59 Å². The van der Waals surface area contributed by atoms with Crippen molar-refractivity contribution in [2.24, 2.45) is 0 Å². The first-order valence-corrected chi connectivity index (χ1v) is 6.02. The summed E-state index contributed by atoms with van der Waals surface area (Å²) >= 11 is 0. The van der Waals surface area contributed by atoms with Crippen molar-refractivity contribution in [2.75, 3.05) is 0 Å². The van der Waals surface area contributed by atoms with Crippen molar-refractivity contribution in [3.8, 4) is 17.1 Å². The molecule has 0 bridgehead atoms. The number of hydrogen-bond acceptors (Lipinski definition) is 4. The van der Waals surface area contributed by atoms with Gasteiger partial charge in [0.05, 0.1) is 10.9 Å². The third-order valence-corrected chi connectivity index (χ3v) is 2.96. The van der Waals surface area contributed by atoms with E-state index < -0.39 is 0 Å². The van der Waals surface area contributed by atoms with Gasteiger partial charge in [-0.15, -0.1) is 0 Å². The van der Waals surface area contributed by atoms with Crippen molar-refractivity contribution in [1.29, 1.82) is 0 Å². The second-order valence-corrected chi connectivity index (χ2v) is 4.18. The quantitative estimate of drug-likeness (QED) is 0.684. The summed E-state index contributed by atoms with van der Waals surface area (Å²) in [7, 11) is 0. The largest absolute Gasteiger partial charge is 0.456 e. The SMILES string of the molecule is O=COc1ccccc1-c1cc(=O)c2ccccc2o1. The van der Waals surface area contributed by atoms with Crippen LogP contribution < -0.4 is 10.2 Å². The number of carbonyl (C=O) groups is 1. The summed E-state index contributed by atoms with van der Waals surface area (Å²) in [5, 5.41) is 0.519. The van der Waals surface area contributed by atoms with Gasteiger partial charge in [0.15, 0.2) is 5.43 Å². The molecule has 0 aliphatic carbocycles. The molecule has 20 heavy (non-hydrogen) atoms. The third-order valence-electron chi connectivity index (χ3n) is 2.96. The van der Waals surface area contributed by atoms with E-state index in [1.54, 1.807) is 48.5 Å². The molecular formula is C16H10O4. The highest BCUT2D eigenvalue weighted by Gasteiger charge is 2.11. The van der Waals surface area contributed by atoms with Crippen molar-refractivity contribution in [1.82, 2.24) is 0 Å². The van der Waals surface area contributed by atoms with Crippen molar-refractivity contribution in [3.05, 3.63) is 64.8 Å². The molecule has 0 fully saturated rings. The summed E-state index contributed by atoms with van der Waals surface area (Å²) in [4.78, 5) is 22.6. The average molecular weight is 266 g/mol. The van der Waals surface area contributed by atoms with Gasteiger partial charge in [-0.1, -0.05) is 24.3 Å². The van der Waals surface area contributed by atoms with Crippen LogP contribution in [-0.2, 0) is 4.79 Å². The molecular weight excluding hydrogens is 256 g/mol. The Hall–Kier alpha value is -2.88. The van der Waals surface area contributed by atoms with E-state index in [0.29, 0.717) is 34.5 Å². The molecule has 0 aliphatic heterocycles. The molecule has 0 amide bonds. The molecule has 1 heterocycles. The number of fused-ring (bicyclic) bond motifs is 1. The summed E-state index contributed by atoms with van der Waals surface area (Å²) in [5.74, 6) is 0.715. The minimum atomic E-state index is -0.136. The molecule has 3 aromatic rings. The van der Waals surface area contributed by atoms with Gasteiger partial charge in [-0.25, -0.2) is 0 Å². The van der Waals surface area contributed by atoms with Crippen molar-refractivity contribution >= 4 is 17.4 Å². The topological polar surface area (TPSA) is 56.5 Å². The molecule has 0 saturated heterocycles. The molecule has 1 aromatic heterocycles. The maximum absolute atomic E-state index is 12.1. The van der Waals surface area contributed by atoms with E-state index >= 15 is 0 Å². The number of hydrogen-bond donors (Lipinski definition) is 0. The molecule has 0 radical (unpaired) electrons. The molecule has 0 unspecified atom stereocenters. The summed E-state index contributed by atoms with van der Waals surface area (Å²) in [6.45, 7) is 0.345. The van der Waals surface area contributed by atoms with Gasteiger partial charge in [0.2, 0.25) is 0 Å². The lowest BCUT2D eigenvalue weighted by atomic mass is 10.1. The van der Waals surface area contributed by atoms with Crippen LogP contribution in [0.25, 0.3) is 22.3 Å². The van der Waals surface area contributed by atoms with Gasteiger partial charge in [-0.2, -0.15) is 0 Å². The summed E-state index contributed by atoms with van der Waals surface area (Å²) in [6, 6.07) is 15.3. The molecule has 3 rings (SSSR count). The molecule has 4 nitrogen and oxygen atoms in total. The maximum Gasteiger partial charge on any atom is 0.298 e. The fourth-order valence-electron chi connectivity index (χ4n) is 2.06. The highest BCUT2D eigenvalue weighted by molar-refractivity contribution is 5.79. The van der Waals surface area contributed by atoms with Gasteiger partial charge in [0, 0.05) is 6.07 Å². The van der Waals surface area contributed by atoms with Crippen LogP contribution in [0.2, 0.25) is 0 Å². The molecule has 0 aliphatic rings. The Labute approximate surface area is 114 Å². The van der Waals surface area contributed by atoms with Gasteiger partial charge < -0.3 is 9.15 Å². The van der Waals surface area contributed by atoms with Gasteiger partial charge >= 0.3 is 0 Å². The van der Waals surface area contributed by atoms with Crippen LogP contribution in [0.1, 0.15) is 0 Å². The first-order valence-electron chi connectivity index (χ1n) is 6.02. The second kappa shape index (κ2) is 5.01. The number of benzene rings is 2. The van der Waals surface area contributed by atoms with Gasteiger partial charge in [-0.05, 0) is 24.3 Å². The number of carbonyl (C=O) groups excluding carboxylic acids is 1. The monoisotopic (exact) mass is 266 g/mol. The first kappa shape index (κ1) is 12.2. The smallest absolute Gasteiger partial charge is 0.298 e. The fraction of sp³-hybridized carbons (Fsp3) is 0. The van der Waals surface area contributed by atoms with E-state index in [0.717, 1.165) is 0 Å². The zero-order chi connectivity index (χ0) is 13.9. The van der Waals surface area contributed by atoms with E-state index in [1.165, 1.54) is 6.07 Å². The first-order chi connectivity index (χ1) is 9.79. The Morgan fingerprint density at radius 2 is 1.75 bits per heavy atom. The van der Waals surface area contributed by atoms with Crippen LogP contribution in [0.15, 0.2) is 63.8 Å². The highest BCUT2D eigenvalue weighted by atomic mass is 16.5. The van der Waals surface area contributed by atoms with Crippen LogP contribution in [-0.4, -0.2) is 6.47 Å². The minimum absolute atomic E-state index is 0.136. The second-order valence-electron chi connectivity index (χ2n) is 4.18. The third kappa shape index (κ3) is 2.07. The lowest BCUT2D eigenvalue weighted by Crippen LogP contribution is -2.00. The predicted molar refractivity (Wildman–Crippen MR) is 74.6 cm³/mol. The van der Waals surface area contributed by atoms with Gasteiger partial charge in [0.1, 0.15) is 17.1 Å². The van der Waals surface area contributed by atoms with Crippen LogP contribution in [0.4, 0.5) is 0 Å².